The largest absolute Gasteiger partial charge is 0.253 e. The maximum Gasteiger partial charge on any atom is 0.178 e. The van der Waals surface area contributed by atoms with Crippen molar-refractivity contribution in [3.05, 3.63) is 41.3 Å². The van der Waals surface area contributed by atoms with E-state index < -0.39 is 0 Å². The molecule has 0 aliphatic rings. The van der Waals surface area contributed by atoms with Crippen LogP contribution in [0.5, 0.6) is 0 Å². The van der Waals surface area contributed by atoms with E-state index in [2.05, 4.69) is 44.7 Å². The highest BCUT2D eigenvalue weighted by molar-refractivity contribution is 9.08. The number of alkyl halides is 1. The van der Waals surface area contributed by atoms with E-state index in [0.29, 0.717) is 11.7 Å². The van der Waals surface area contributed by atoms with E-state index >= 15 is 0 Å². The number of hydrogen-bond donors (Lipinski definition) is 0. The standard InChI is InChI=1S/C14H16BrN3/c1-9(2)12-11(7-15)8-17-14(18-12)13-10(3)5-4-6-16-13/h4-6,8-9H,7H2,1-3H3. The lowest BCUT2D eigenvalue weighted by Crippen LogP contribution is -2.03. The van der Waals surface area contributed by atoms with Gasteiger partial charge in [-0.1, -0.05) is 35.8 Å². The molecule has 18 heavy (non-hydrogen) atoms. The van der Waals surface area contributed by atoms with E-state index in [1.165, 1.54) is 0 Å². The molecule has 0 aliphatic heterocycles. The van der Waals surface area contributed by atoms with Gasteiger partial charge in [0.1, 0.15) is 5.69 Å². The fraction of sp³-hybridized carbons (Fsp3) is 0.357. The number of rotatable bonds is 3. The third kappa shape index (κ3) is 2.58. The topological polar surface area (TPSA) is 38.7 Å². The van der Waals surface area contributed by atoms with Crippen LogP contribution in [0.3, 0.4) is 0 Å². The molecule has 0 N–H and O–H groups in total. The molecule has 4 heteroatoms. The van der Waals surface area contributed by atoms with Crippen LogP contribution in [0, 0.1) is 6.92 Å². The number of aryl methyl sites for hydroxylation is 1. The first-order valence-corrected chi connectivity index (χ1v) is 7.09. The summed E-state index contributed by atoms with van der Waals surface area (Å²) in [5.41, 5.74) is 4.18. The lowest BCUT2D eigenvalue weighted by atomic mass is 10.1. The maximum absolute atomic E-state index is 4.67. The number of hydrogen-bond acceptors (Lipinski definition) is 3. The van der Waals surface area contributed by atoms with Gasteiger partial charge in [0.2, 0.25) is 0 Å². The Morgan fingerprint density at radius 1 is 1.28 bits per heavy atom. The molecule has 0 atom stereocenters. The van der Waals surface area contributed by atoms with E-state index in [0.717, 1.165) is 27.8 Å². The molecule has 2 rings (SSSR count). The molecule has 0 spiro atoms. The molecule has 2 aromatic rings. The Labute approximate surface area is 116 Å². The average molecular weight is 306 g/mol. The Kier molecular flexibility index (Phi) is 4.07. The Bertz CT molecular complexity index is 552. The van der Waals surface area contributed by atoms with Crippen LogP contribution in [0.25, 0.3) is 11.5 Å². The normalized spacial score (nSPS) is 10.9. The first-order chi connectivity index (χ1) is 8.63. The SMILES string of the molecule is Cc1cccnc1-c1ncc(CBr)c(C(C)C)n1. The third-order valence-corrected chi connectivity index (χ3v) is 3.41. The van der Waals surface area contributed by atoms with Crippen LogP contribution < -0.4 is 0 Å². The predicted molar refractivity (Wildman–Crippen MR) is 76.7 cm³/mol. The molecular formula is C14H16BrN3. The molecule has 0 saturated heterocycles. The van der Waals surface area contributed by atoms with Crippen molar-refractivity contribution in [3.8, 4) is 11.5 Å². The summed E-state index contributed by atoms with van der Waals surface area (Å²) in [5, 5.41) is 0.780. The zero-order chi connectivity index (χ0) is 13.1. The minimum absolute atomic E-state index is 0.378. The number of aromatic nitrogens is 3. The van der Waals surface area contributed by atoms with Crippen LogP contribution in [-0.2, 0) is 5.33 Å². The van der Waals surface area contributed by atoms with Crippen molar-refractivity contribution in [2.75, 3.05) is 0 Å². The summed E-state index contributed by atoms with van der Waals surface area (Å²) in [7, 11) is 0. The van der Waals surface area contributed by atoms with E-state index in [-0.39, 0.29) is 0 Å². The van der Waals surface area contributed by atoms with Gasteiger partial charge in [0.05, 0.1) is 5.69 Å². The Balaban J connectivity index is 2.54. The highest BCUT2D eigenvalue weighted by Crippen LogP contribution is 2.23. The monoisotopic (exact) mass is 305 g/mol. The number of halogens is 1. The fourth-order valence-electron chi connectivity index (χ4n) is 1.86. The van der Waals surface area contributed by atoms with E-state index in [1.807, 2.05) is 25.3 Å². The summed E-state index contributed by atoms with van der Waals surface area (Å²) < 4.78 is 0. The molecule has 0 fully saturated rings. The molecule has 0 amide bonds. The Hall–Kier alpha value is -1.29. The fourth-order valence-corrected chi connectivity index (χ4v) is 2.29. The molecule has 94 valence electrons. The molecule has 0 saturated carbocycles. The van der Waals surface area contributed by atoms with Gasteiger partial charge in [-0.15, -0.1) is 0 Å². The summed E-state index contributed by atoms with van der Waals surface area (Å²) in [6.45, 7) is 6.31. The number of nitrogens with zero attached hydrogens (tertiary/aromatic N) is 3. The second-order valence-corrected chi connectivity index (χ2v) is 5.12. The van der Waals surface area contributed by atoms with Crippen LogP contribution in [0.2, 0.25) is 0 Å². The first kappa shape index (κ1) is 13.1. The van der Waals surface area contributed by atoms with Gasteiger partial charge in [-0.2, -0.15) is 0 Å². The van der Waals surface area contributed by atoms with Gasteiger partial charge in [0.25, 0.3) is 0 Å². The minimum Gasteiger partial charge on any atom is -0.253 e. The maximum atomic E-state index is 4.67. The third-order valence-electron chi connectivity index (χ3n) is 2.81. The van der Waals surface area contributed by atoms with Gasteiger partial charge >= 0.3 is 0 Å². The lowest BCUT2D eigenvalue weighted by molar-refractivity contribution is 0.801. The van der Waals surface area contributed by atoms with Crippen molar-refractivity contribution in [3.63, 3.8) is 0 Å². The second-order valence-electron chi connectivity index (χ2n) is 4.56. The summed E-state index contributed by atoms with van der Waals surface area (Å²) >= 11 is 3.48. The van der Waals surface area contributed by atoms with Gasteiger partial charge in [-0.05, 0) is 24.5 Å². The zero-order valence-corrected chi connectivity index (χ0v) is 12.4. The molecule has 0 aromatic carbocycles. The van der Waals surface area contributed by atoms with Gasteiger partial charge in [-0.25, -0.2) is 9.97 Å². The van der Waals surface area contributed by atoms with Crippen LogP contribution in [-0.4, -0.2) is 15.0 Å². The molecule has 3 nitrogen and oxygen atoms in total. The number of pyridine rings is 1. The quantitative estimate of drug-likeness (QED) is 0.808. The predicted octanol–water partition coefficient (Wildman–Crippen LogP) is 3.87. The minimum atomic E-state index is 0.378. The van der Waals surface area contributed by atoms with Crippen LogP contribution in [0.1, 0.15) is 36.6 Å². The van der Waals surface area contributed by atoms with Gasteiger partial charge in [0.15, 0.2) is 5.82 Å². The molecule has 0 bridgehead atoms. The van der Waals surface area contributed by atoms with Crippen LogP contribution in [0.4, 0.5) is 0 Å². The van der Waals surface area contributed by atoms with Crippen molar-refractivity contribution in [2.24, 2.45) is 0 Å². The smallest absolute Gasteiger partial charge is 0.178 e. The average Bonchev–Trinajstić information content (AvgIpc) is 2.38. The summed E-state index contributed by atoms with van der Waals surface area (Å²) in [6.07, 6.45) is 3.67. The van der Waals surface area contributed by atoms with Gasteiger partial charge in [0, 0.05) is 23.3 Å². The van der Waals surface area contributed by atoms with Crippen molar-refractivity contribution < 1.29 is 0 Å². The summed E-state index contributed by atoms with van der Waals surface area (Å²) in [5.74, 6) is 1.09. The van der Waals surface area contributed by atoms with Gasteiger partial charge in [-0.3, -0.25) is 4.98 Å². The van der Waals surface area contributed by atoms with Crippen LogP contribution in [0.15, 0.2) is 24.5 Å². The van der Waals surface area contributed by atoms with E-state index in [9.17, 15) is 0 Å². The highest BCUT2D eigenvalue weighted by Gasteiger charge is 2.12. The molecule has 0 unspecified atom stereocenters. The van der Waals surface area contributed by atoms with Crippen LogP contribution >= 0.6 is 15.9 Å². The summed E-state index contributed by atoms with van der Waals surface area (Å²) in [6, 6.07) is 3.95. The van der Waals surface area contributed by atoms with Crippen molar-refractivity contribution in [1.82, 2.24) is 15.0 Å². The molecule has 2 heterocycles. The zero-order valence-electron chi connectivity index (χ0n) is 10.8. The first-order valence-electron chi connectivity index (χ1n) is 5.97. The Morgan fingerprint density at radius 3 is 2.67 bits per heavy atom. The highest BCUT2D eigenvalue weighted by atomic mass is 79.9. The van der Waals surface area contributed by atoms with Crippen molar-refractivity contribution >= 4 is 15.9 Å². The summed E-state index contributed by atoms with van der Waals surface area (Å²) in [4.78, 5) is 13.5. The molecule has 0 aliphatic carbocycles. The van der Waals surface area contributed by atoms with Gasteiger partial charge < -0.3 is 0 Å². The second kappa shape index (κ2) is 5.57. The van der Waals surface area contributed by atoms with Crippen molar-refractivity contribution in [1.29, 1.82) is 0 Å². The Morgan fingerprint density at radius 2 is 2.06 bits per heavy atom. The molecule has 0 radical (unpaired) electrons. The molecular weight excluding hydrogens is 290 g/mol. The lowest BCUT2D eigenvalue weighted by Gasteiger charge is -2.11. The van der Waals surface area contributed by atoms with E-state index in [4.69, 9.17) is 0 Å². The van der Waals surface area contributed by atoms with Crippen molar-refractivity contribution in [2.45, 2.75) is 32.0 Å². The molecule has 2 aromatic heterocycles. The van der Waals surface area contributed by atoms with E-state index in [1.54, 1.807) is 6.20 Å².